The zero-order valence-corrected chi connectivity index (χ0v) is 9.91. The molecule has 0 amide bonds. The summed E-state index contributed by atoms with van der Waals surface area (Å²) in [5.41, 5.74) is 0. The van der Waals surface area contributed by atoms with Crippen LogP contribution in [0.5, 0.6) is 0 Å². The van der Waals surface area contributed by atoms with Crippen LogP contribution in [-0.2, 0) is 4.74 Å². The lowest BCUT2D eigenvalue weighted by Gasteiger charge is -2.12. The van der Waals surface area contributed by atoms with E-state index in [9.17, 15) is 0 Å². The summed E-state index contributed by atoms with van der Waals surface area (Å²) >= 11 is 3.28. The van der Waals surface area contributed by atoms with Crippen molar-refractivity contribution < 1.29 is 4.74 Å². The molecule has 1 heterocycles. The number of hydrogen-bond donors (Lipinski definition) is 1. The van der Waals surface area contributed by atoms with E-state index in [2.05, 4.69) is 38.1 Å². The van der Waals surface area contributed by atoms with Crippen molar-refractivity contribution in [3.63, 3.8) is 0 Å². The first-order chi connectivity index (χ1) is 6.72. The highest BCUT2D eigenvalue weighted by Gasteiger charge is 2.02. The zero-order valence-electron chi connectivity index (χ0n) is 8.33. The van der Waals surface area contributed by atoms with Crippen LogP contribution in [0.2, 0.25) is 0 Å². The van der Waals surface area contributed by atoms with Crippen LogP contribution in [0.4, 0.5) is 5.95 Å². The molecule has 0 spiro atoms. The molecule has 1 atom stereocenters. The third-order valence-electron chi connectivity index (χ3n) is 1.75. The van der Waals surface area contributed by atoms with E-state index >= 15 is 0 Å². The van der Waals surface area contributed by atoms with Gasteiger partial charge in [0.25, 0.3) is 0 Å². The van der Waals surface area contributed by atoms with E-state index in [-0.39, 0.29) is 0 Å². The first-order valence-corrected chi connectivity index (χ1v) is 5.24. The lowest BCUT2D eigenvalue weighted by atomic mass is 10.2. The van der Waals surface area contributed by atoms with Crippen LogP contribution in [0.15, 0.2) is 16.9 Å². The third-order valence-corrected chi connectivity index (χ3v) is 2.16. The van der Waals surface area contributed by atoms with E-state index < -0.39 is 0 Å². The standard InChI is InChI=1S/C9H14BrN3O/c1-7(3-4-14-2)13-9-11-5-8(10)6-12-9/h5-7H,3-4H2,1-2H3,(H,11,12,13). The maximum absolute atomic E-state index is 4.98. The Morgan fingerprint density at radius 2 is 2.14 bits per heavy atom. The monoisotopic (exact) mass is 259 g/mol. The lowest BCUT2D eigenvalue weighted by molar-refractivity contribution is 0.191. The van der Waals surface area contributed by atoms with E-state index in [1.54, 1.807) is 19.5 Å². The largest absolute Gasteiger partial charge is 0.385 e. The predicted molar refractivity (Wildman–Crippen MR) is 59.3 cm³/mol. The second kappa shape index (κ2) is 5.93. The number of halogens is 1. The van der Waals surface area contributed by atoms with Crippen molar-refractivity contribution in [3.05, 3.63) is 16.9 Å². The number of methoxy groups -OCH3 is 1. The number of ether oxygens (including phenoxy) is 1. The summed E-state index contributed by atoms with van der Waals surface area (Å²) in [5.74, 6) is 0.650. The number of anilines is 1. The smallest absolute Gasteiger partial charge is 0.222 e. The van der Waals surface area contributed by atoms with E-state index in [0.29, 0.717) is 12.0 Å². The fourth-order valence-corrected chi connectivity index (χ4v) is 1.18. The Morgan fingerprint density at radius 1 is 1.50 bits per heavy atom. The summed E-state index contributed by atoms with van der Waals surface area (Å²) in [4.78, 5) is 8.23. The fourth-order valence-electron chi connectivity index (χ4n) is 0.974. The molecule has 4 nitrogen and oxygen atoms in total. The molecule has 0 aliphatic heterocycles. The van der Waals surface area contributed by atoms with Gasteiger partial charge < -0.3 is 10.1 Å². The second-order valence-corrected chi connectivity index (χ2v) is 3.97. The second-order valence-electron chi connectivity index (χ2n) is 3.05. The van der Waals surface area contributed by atoms with Gasteiger partial charge in [-0.25, -0.2) is 9.97 Å². The number of nitrogens with zero attached hydrogens (tertiary/aromatic N) is 2. The maximum atomic E-state index is 4.98. The molecule has 78 valence electrons. The van der Waals surface area contributed by atoms with Gasteiger partial charge in [0.2, 0.25) is 5.95 Å². The number of rotatable bonds is 5. The zero-order chi connectivity index (χ0) is 10.4. The van der Waals surface area contributed by atoms with Gasteiger partial charge in [0.15, 0.2) is 0 Å². The van der Waals surface area contributed by atoms with Gasteiger partial charge >= 0.3 is 0 Å². The van der Waals surface area contributed by atoms with Gasteiger partial charge in [-0.2, -0.15) is 0 Å². The fraction of sp³-hybridized carbons (Fsp3) is 0.556. The van der Waals surface area contributed by atoms with Gasteiger partial charge in [0.1, 0.15) is 0 Å². The maximum Gasteiger partial charge on any atom is 0.222 e. The van der Waals surface area contributed by atoms with Gasteiger partial charge in [0, 0.05) is 32.2 Å². The molecule has 5 heteroatoms. The Kier molecular flexibility index (Phi) is 4.82. The molecule has 1 aromatic rings. The van der Waals surface area contributed by atoms with Gasteiger partial charge in [0.05, 0.1) is 4.47 Å². The average molecular weight is 260 g/mol. The molecular weight excluding hydrogens is 246 g/mol. The van der Waals surface area contributed by atoms with E-state index in [4.69, 9.17) is 4.74 Å². The summed E-state index contributed by atoms with van der Waals surface area (Å²) in [7, 11) is 1.70. The first-order valence-electron chi connectivity index (χ1n) is 4.45. The summed E-state index contributed by atoms with van der Waals surface area (Å²) in [6.07, 6.45) is 4.38. The molecule has 0 fully saturated rings. The summed E-state index contributed by atoms with van der Waals surface area (Å²) in [6, 6.07) is 0.316. The van der Waals surface area contributed by atoms with Gasteiger partial charge in [-0.15, -0.1) is 0 Å². The Labute approximate surface area is 92.2 Å². The molecule has 0 aliphatic rings. The summed E-state index contributed by atoms with van der Waals surface area (Å²) < 4.78 is 5.86. The first kappa shape index (κ1) is 11.4. The van der Waals surface area contributed by atoms with Crippen LogP contribution < -0.4 is 5.32 Å². The van der Waals surface area contributed by atoms with Crippen LogP contribution in [0, 0.1) is 0 Å². The highest BCUT2D eigenvalue weighted by molar-refractivity contribution is 9.10. The predicted octanol–water partition coefficient (Wildman–Crippen LogP) is 2.08. The molecule has 0 saturated carbocycles. The topological polar surface area (TPSA) is 47.0 Å². The normalized spacial score (nSPS) is 12.5. The highest BCUT2D eigenvalue weighted by Crippen LogP contribution is 2.08. The molecule has 0 aliphatic carbocycles. The minimum absolute atomic E-state index is 0.316. The van der Waals surface area contributed by atoms with E-state index in [1.807, 2.05) is 0 Å². The van der Waals surface area contributed by atoms with Crippen LogP contribution in [-0.4, -0.2) is 29.7 Å². The number of aromatic nitrogens is 2. The molecule has 14 heavy (non-hydrogen) atoms. The van der Waals surface area contributed by atoms with E-state index in [1.165, 1.54) is 0 Å². The number of nitrogens with one attached hydrogen (secondary N) is 1. The molecule has 1 N–H and O–H groups in total. The van der Waals surface area contributed by atoms with Crippen molar-refractivity contribution in [2.75, 3.05) is 19.0 Å². The number of hydrogen-bond acceptors (Lipinski definition) is 4. The van der Waals surface area contributed by atoms with Gasteiger partial charge in [-0.3, -0.25) is 0 Å². The molecule has 0 bridgehead atoms. The molecule has 0 saturated heterocycles. The van der Waals surface area contributed by atoms with Crippen LogP contribution in [0.1, 0.15) is 13.3 Å². The highest BCUT2D eigenvalue weighted by atomic mass is 79.9. The van der Waals surface area contributed by atoms with Crippen molar-refractivity contribution in [2.45, 2.75) is 19.4 Å². The Balaban J connectivity index is 2.39. The molecule has 0 radical (unpaired) electrons. The van der Waals surface area contributed by atoms with Crippen molar-refractivity contribution in [1.82, 2.24) is 9.97 Å². The van der Waals surface area contributed by atoms with Crippen molar-refractivity contribution >= 4 is 21.9 Å². The summed E-state index contributed by atoms with van der Waals surface area (Å²) in [5, 5.41) is 3.18. The lowest BCUT2D eigenvalue weighted by Crippen LogP contribution is -2.18. The summed E-state index contributed by atoms with van der Waals surface area (Å²) in [6.45, 7) is 2.81. The minimum Gasteiger partial charge on any atom is -0.385 e. The molecule has 1 rings (SSSR count). The SMILES string of the molecule is COCCC(C)Nc1ncc(Br)cn1. The Morgan fingerprint density at radius 3 is 2.71 bits per heavy atom. The molecular formula is C9H14BrN3O. The van der Waals surface area contributed by atoms with Gasteiger partial charge in [-0.1, -0.05) is 0 Å². The van der Waals surface area contributed by atoms with Crippen molar-refractivity contribution in [1.29, 1.82) is 0 Å². The van der Waals surface area contributed by atoms with Crippen molar-refractivity contribution in [2.24, 2.45) is 0 Å². The third kappa shape index (κ3) is 4.02. The molecule has 0 aromatic carbocycles. The van der Waals surface area contributed by atoms with Gasteiger partial charge in [-0.05, 0) is 29.3 Å². The van der Waals surface area contributed by atoms with Crippen molar-refractivity contribution in [3.8, 4) is 0 Å². The average Bonchev–Trinajstić information content (AvgIpc) is 2.18. The van der Waals surface area contributed by atoms with Crippen LogP contribution in [0.3, 0.4) is 0 Å². The molecule has 1 aromatic heterocycles. The van der Waals surface area contributed by atoms with Crippen LogP contribution in [0.25, 0.3) is 0 Å². The van der Waals surface area contributed by atoms with Crippen LogP contribution >= 0.6 is 15.9 Å². The quantitative estimate of drug-likeness (QED) is 0.880. The Hall–Kier alpha value is -0.680. The molecule has 1 unspecified atom stereocenters. The minimum atomic E-state index is 0.316. The van der Waals surface area contributed by atoms with E-state index in [0.717, 1.165) is 17.5 Å². The Bertz CT molecular complexity index is 265.